The molecule has 1 aromatic carbocycles. The van der Waals surface area contributed by atoms with Crippen molar-refractivity contribution in [2.45, 2.75) is 13.1 Å². The van der Waals surface area contributed by atoms with Crippen molar-refractivity contribution >= 4 is 23.5 Å². The Kier molecular flexibility index (Phi) is 4.37. The smallest absolute Gasteiger partial charge is 0.416 e. The monoisotopic (exact) mass is 335 g/mol. The molecule has 1 aromatic rings. The van der Waals surface area contributed by atoms with E-state index in [9.17, 15) is 22.8 Å². The average molecular weight is 336 g/mol. The van der Waals surface area contributed by atoms with E-state index >= 15 is 0 Å². The number of rotatable bonds is 2. The zero-order chi connectivity index (χ0) is 16.7. The molecular formula is C14H13ClF3NO3. The highest BCUT2D eigenvalue weighted by Crippen LogP contribution is 2.33. The average Bonchev–Trinajstić information content (AvgIpc) is 2.78. The number of alkyl halides is 3. The number of nitrogens with zero attached hydrogens (tertiary/aromatic N) is 1. The molecule has 1 aliphatic rings. The van der Waals surface area contributed by atoms with E-state index in [1.807, 2.05) is 0 Å². The van der Waals surface area contributed by atoms with Gasteiger partial charge < -0.3 is 10.0 Å². The molecule has 0 saturated carbocycles. The van der Waals surface area contributed by atoms with E-state index < -0.39 is 29.5 Å². The molecule has 1 heterocycles. The van der Waals surface area contributed by atoms with Gasteiger partial charge >= 0.3 is 12.1 Å². The first-order chi connectivity index (χ1) is 10.1. The Morgan fingerprint density at radius 2 is 1.91 bits per heavy atom. The number of carboxylic acid groups (broad SMARTS) is 1. The second kappa shape index (κ2) is 5.79. The number of carbonyl (C=O) groups is 2. The Bertz CT molecular complexity index is 618. The quantitative estimate of drug-likeness (QED) is 0.903. The molecule has 22 heavy (non-hydrogen) atoms. The lowest BCUT2D eigenvalue weighted by atomic mass is 9.99. The Hall–Kier alpha value is -1.76. The van der Waals surface area contributed by atoms with E-state index in [0.717, 1.165) is 18.2 Å². The minimum Gasteiger partial charge on any atom is -0.481 e. The summed E-state index contributed by atoms with van der Waals surface area (Å²) >= 11 is 5.65. The lowest BCUT2D eigenvalue weighted by molar-refractivity contribution is -0.142. The zero-order valence-electron chi connectivity index (χ0n) is 11.5. The lowest BCUT2D eigenvalue weighted by Crippen LogP contribution is -2.30. The first-order valence-electron chi connectivity index (χ1n) is 6.49. The molecule has 0 aliphatic carbocycles. The van der Waals surface area contributed by atoms with Crippen molar-refractivity contribution in [1.82, 2.24) is 4.90 Å². The van der Waals surface area contributed by atoms with Crippen molar-refractivity contribution in [3.63, 3.8) is 0 Å². The number of hydrogen-bond donors (Lipinski definition) is 1. The summed E-state index contributed by atoms with van der Waals surface area (Å²) in [6.07, 6.45) is -4.61. The van der Waals surface area contributed by atoms with E-state index in [2.05, 4.69) is 0 Å². The van der Waals surface area contributed by atoms with Crippen LogP contribution in [0.4, 0.5) is 13.2 Å². The molecular weight excluding hydrogens is 323 g/mol. The van der Waals surface area contributed by atoms with Crippen molar-refractivity contribution in [2.24, 2.45) is 11.8 Å². The van der Waals surface area contributed by atoms with E-state index in [1.165, 1.54) is 4.90 Å². The van der Waals surface area contributed by atoms with Crippen LogP contribution in [-0.4, -0.2) is 35.0 Å². The van der Waals surface area contributed by atoms with Crippen LogP contribution in [0.3, 0.4) is 0 Å². The van der Waals surface area contributed by atoms with Crippen LogP contribution in [0.25, 0.3) is 0 Å². The number of halogens is 4. The van der Waals surface area contributed by atoms with E-state index in [4.69, 9.17) is 16.7 Å². The molecule has 8 heteroatoms. The van der Waals surface area contributed by atoms with Crippen molar-refractivity contribution in [3.8, 4) is 0 Å². The van der Waals surface area contributed by atoms with Crippen molar-refractivity contribution in [1.29, 1.82) is 0 Å². The van der Waals surface area contributed by atoms with Gasteiger partial charge in [-0.25, -0.2) is 0 Å². The van der Waals surface area contributed by atoms with Gasteiger partial charge in [-0.05, 0) is 24.1 Å². The van der Waals surface area contributed by atoms with Gasteiger partial charge in [0.05, 0.1) is 11.5 Å². The fourth-order valence-corrected chi connectivity index (χ4v) is 2.75. The highest BCUT2D eigenvalue weighted by atomic mass is 35.5. The molecule has 2 atom stereocenters. The molecule has 0 unspecified atom stereocenters. The maximum Gasteiger partial charge on any atom is 0.416 e. The molecule has 0 bridgehead atoms. The largest absolute Gasteiger partial charge is 0.481 e. The summed E-state index contributed by atoms with van der Waals surface area (Å²) in [7, 11) is 0. The van der Waals surface area contributed by atoms with Gasteiger partial charge in [0, 0.05) is 23.7 Å². The first-order valence-corrected chi connectivity index (χ1v) is 6.87. The molecule has 0 radical (unpaired) electrons. The fourth-order valence-electron chi connectivity index (χ4n) is 2.51. The number of benzene rings is 1. The van der Waals surface area contributed by atoms with Crippen LogP contribution in [0.5, 0.6) is 0 Å². The third kappa shape index (κ3) is 3.35. The van der Waals surface area contributed by atoms with Gasteiger partial charge in [-0.1, -0.05) is 18.5 Å². The molecule has 1 amide bonds. The van der Waals surface area contributed by atoms with Crippen LogP contribution in [0, 0.1) is 11.8 Å². The third-order valence-electron chi connectivity index (χ3n) is 3.69. The van der Waals surface area contributed by atoms with Crippen LogP contribution >= 0.6 is 11.6 Å². The Morgan fingerprint density at radius 3 is 2.41 bits per heavy atom. The van der Waals surface area contributed by atoms with Crippen molar-refractivity contribution < 1.29 is 27.9 Å². The minimum absolute atomic E-state index is 0.0246. The van der Waals surface area contributed by atoms with Gasteiger partial charge in [-0.15, -0.1) is 0 Å². The Balaban J connectivity index is 2.27. The van der Waals surface area contributed by atoms with Gasteiger partial charge in [-0.3, -0.25) is 9.59 Å². The maximum atomic E-state index is 12.8. The number of hydrogen-bond acceptors (Lipinski definition) is 2. The molecule has 1 saturated heterocycles. The Morgan fingerprint density at radius 1 is 1.27 bits per heavy atom. The second-order valence-corrected chi connectivity index (χ2v) is 5.79. The SMILES string of the molecule is C[C@@H]1CN(C(=O)c2cc(Cl)cc(C(F)(F)F)c2)C[C@H]1C(=O)O. The van der Waals surface area contributed by atoms with Crippen molar-refractivity contribution in [3.05, 3.63) is 34.3 Å². The standard InChI is InChI=1S/C14H13ClF3NO3/c1-7-5-19(6-11(7)13(21)22)12(20)8-2-9(14(16,17)18)4-10(15)3-8/h2-4,7,11H,5-6H2,1H3,(H,21,22)/t7-,11-/m1/s1. The summed E-state index contributed by atoms with van der Waals surface area (Å²) in [4.78, 5) is 24.6. The molecule has 0 aromatic heterocycles. The molecule has 1 aliphatic heterocycles. The van der Waals surface area contributed by atoms with Crippen LogP contribution in [-0.2, 0) is 11.0 Å². The fraction of sp³-hybridized carbons (Fsp3) is 0.429. The predicted octanol–water partition coefficient (Wildman–Crippen LogP) is 3.15. The summed E-state index contributed by atoms with van der Waals surface area (Å²) in [6.45, 7) is 1.85. The summed E-state index contributed by atoms with van der Waals surface area (Å²) in [6, 6.07) is 2.62. The van der Waals surface area contributed by atoms with Gasteiger partial charge in [0.1, 0.15) is 0 Å². The number of carboxylic acids is 1. The molecule has 120 valence electrons. The van der Waals surface area contributed by atoms with Gasteiger partial charge in [0.15, 0.2) is 0 Å². The molecule has 1 N–H and O–H groups in total. The number of amides is 1. The summed E-state index contributed by atoms with van der Waals surface area (Å²) in [5.74, 6) is -2.65. The summed E-state index contributed by atoms with van der Waals surface area (Å²) < 4.78 is 38.3. The van der Waals surface area contributed by atoms with Gasteiger partial charge in [0.25, 0.3) is 5.91 Å². The summed E-state index contributed by atoms with van der Waals surface area (Å²) in [5, 5.41) is 8.85. The predicted molar refractivity (Wildman–Crippen MR) is 72.6 cm³/mol. The molecule has 4 nitrogen and oxygen atoms in total. The molecule has 2 rings (SSSR count). The third-order valence-corrected chi connectivity index (χ3v) is 3.91. The van der Waals surface area contributed by atoms with Crippen LogP contribution < -0.4 is 0 Å². The highest BCUT2D eigenvalue weighted by Gasteiger charge is 2.38. The first kappa shape index (κ1) is 16.6. The van der Waals surface area contributed by atoms with E-state index in [1.54, 1.807) is 6.92 Å². The second-order valence-electron chi connectivity index (χ2n) is 5.36. The van der Waals surface area contributed by atoms with Crippen LogP contribution in [0.2, 0.25) is 5.02 Å². The van der Waals surface area contributed by atoms with Gasteiger partial charge in [0.2, 0.25) is 0 Å². The van der Waals surface area contributed by atoms with Crippen LogP contribution in [0.15, 0.2) is 18.2 Å². The van der Waals surface area contributed by atoms with Crippen LogP contribution in [0.1, 0.15) is 22.8 Å². The lowest BCUT2D eigenvalue weighted by Gasteiger charge is -2.17. The van der Waals surface area contributed by atoms with E-state index in [0.29, 0.717) is 0 Å². The van der Waals surface area contributed by atoms with E-state index in [-0.39, 0.29) is 29.6 Å². The normalized spacial score (nSPS) is 22.0. The number of aliphatic carboxylic acids is 1. The summed E-state index contributed by atoms with van der Waals surface area (Å²) in [5.41, 5.74) is -1.21. The number of carbonyl (C=O) groups excluding carboxylic acids is 1. The Labute approximate surface area is 129 Å². The molecule has 0 spiro atoms. The highest BCUT2D eigenvalue weighted by molar-refractivity contribution is 6.31. The molecule has 1 fully saturated rings. The zero-order valence-corrected chi connectivity index (χ0v) is 12.3. The minimum atomic E-state index is -4.61. The number of likely N-dealkylation sites (tertiary alicyclic amines) is 1. The topological polar surface area (TPSA) is 57.6 Å². The van der Waals surface area contributed by atoms with Gasteiger partial charge in [-0.2, -0.15) is 13.2 Å². The van der Waals surface area contributed by atoms with Crippen molar-refractivity contribution in [2.75, 3.05) is 13.1 Å². The maximum absolute atomic E-state index is 12.8.